The van der Waals surface area contributed by atoms with Gasteiger partial charge in [0.15, 0.2) is 0 Å². The van der Waals surface area contributed by atoms with Gasteiger partial charge in [-0.1, -0.05) is 32.4 Å². The highest BCUT2D eigenvalue weighted by molar-refractivity contribution is 5.94. The second kappa shape index (κ2) is 12.6. The van der Waals surface area contributed by atoms with Gasteiger partial charge in [0.25, 0.3) is 0 Å². The summed E-state index contributed by atoms with van der Waals surface area (Å²) in [4.78, 5) is 48.4. The van der Waals surface area contributed by atoms with E-state index in [0.717, 1.165) is 0 Å². The molecule has 0 aliphatic carbocycles. The average molecular weight is 453 g/mol. The number of carboxylic acids is 1. The molecule has 0 spiro atoms. The van der Waals surface area contributed by atoms with E-state index in [1.807, 2.05) is 0 Å². The molecule has 0 aliphatic heterocycles. The molecule has 178 valence electrons. The van der Waals surface area contributed by atoms with E-state index in [2.05, 4.69) is 16.0 Å². The maximum Gasteiger partial charge on any atom is 0.326 e. The molecular weight excluding hydrogens is 420 g/mol. The quantitative estimate of drug-likeness (QED) is 0.207. The molecule has 1 rings (SSSR count). The first kappa shape index (κ1) is 26.9. The summed E-state index contributed by atoms with van der Waals surface area (Å²) in [5.41, 5.74) is 6.59. The van der Waals surface area contributed by atoms with Crippen molar-refractivity contribution in [1.82, 2.24) is 16.0 Å². The van der Waals surface area contributed by atoms with E-state index in [9.17, 15) is 34.5 Å². The molecule has 3 amide bonds. The highest BCUT2D eigenvalue weighted by Gasteiger charge is 2.30. The topological polar surface area (TPSA) is 191 Å². The van der Waals surface area contributed by atoms with Gasteiger partial charge in [0.1, 0.15) is 23.9 Å². The number of nitrogens with one attached hydrogen (secondary N) is 3. The van der Waals surface area contributed by atoms with E-state index < -0.39 is 54.5 Å². The zero-order valence-corrected chi connectivity index (χ0v) is 18.4. The van der Waals surface area contributed by atoms with Crippen molar-refractivity contribution in [3.05, 3.63) is 29.8 Å². The number of carbonyl (C=O) groups is 4. The van der Waals surface area contributed by atoms with Gasteiger partial charge in [-0.05, 0) is 37.0 Å². The zero-order valence-electron chi connectivity index (χ0n) is 18.4. The van der Waals surface area contributed by atoms with Crippen LogP contribution in [-0.4, -0.2) is 69.8 Å². The number of aliphatic hydroxyl groups excluding tert-OH is 1. The van der Waals surface area contributed by atoms with Crippen molar-refractivity contribution in [2.75, 3.05) is 6.61 Å². The Morgan fingerprint density at radius 3 is 2.06 bits per heavy atom. The number of phenols is 1. The minimum Gasteiger partial charge on any atom is -0.508 e. The first-order valence-electron chi connectivity index (χ1n) is 10.3. The smallest absolute Gasteiger partial charge is 0.326 e. The third kappa shape index (κ3) is 8.16. The fraction of sp³-hybridized carbons (Fsp3) is 0.524. The number of carbonyl (C=O) groups excluding carboxylic acids is 3. The molecule has 0 saturated carbocycles. The average Bonchev–Trinajstić information content (AvgIpc) is 2.75. The molecule has 0 aromatic heterocycles. The molecule has 0 saturated heterocycles. The van der Waals surface area contributed by atoms with E-state index in [0.29, 0.717) is 12.0 Å². The Kier molecular flexibility index (Phi) is 10.6. The van der Waals surface area contributed by atoms with E-state index in [1.54, 1.807) is 26.0 Å². The van der Waals surface area contributed by atoms with Crippen molar-refractivity contribution in [2.24, 2.45) is 11.7 Å². The lowest BCUT2D eigenvalue weighted by Crippen LogP contribution is -2.58. The molecule has 0 fully saturated rings. The highest BCUT2D eigenvalue weighted by atomic mass is 16.4. The van der Waals surface area contributed by atoms with E-state index in [4.69, 9.17) is 5.73 Å². The van der Waals surface area contributed by atoms with Gasteiger partial charge >= 0.3 is 5.97 Å². The lowest BCUT2D eigenvalue weighted by atomic mass is 9.99. The van der Waals surface area contributed by atoms with E-state index in [1.165, 1.54) is 19.1 Å². The van der Waals surface area contributed by atoms with Crippen LogP contribution < -0.4 is 21.7 Å². The molecule has 0 bridgehead atoms. The highest BCUT2D eigenvalue weighted by Crippen LogP contribution is 2.11. The first-order chi connectivity index (χ1) is 15.0. The lowest BCUT2D eigenvalue weighted by Gasteiger charge is -2.24. The fourth-order valence-electron chi connectivity index (χ4n) is 2.79. The number of hydrogen-bond donors (Lipinski definition) is 7. The second-order valence-electron chi connectivity index (χ2n) is 7.66. The van der Waals surface area contributed by atoms with Crippen molar-refractivity contribution in [2.45, 2.75) is 57.8 Å². The zero-order chi connectivity index (χ0) is 24.4. The number of aliphatic hydroxyl groups is 1. The fourth-order valence-corrected chi connectivity index (χ4v) is 2.79. The predicted octanol–water partition coefficient (Wildman–Crippen LogP) is -1.14. The molecule has 5 unspecified atom stereocenters. The van der Waals surface area contributed by atoms with Crippen LogP contribution in [-0.2, 0) is 25.6 Å². The number of hydrogen-bond acceptors (Lipinski definition) is 7. The largest absolute Gasteiger partial charge is 0.508 e. The summed E-state index contributed by atoms with van der Waals surface area (Å²) in [5, 5.41) is 35.1. The van der Waals surface area contributed by atoms with Crippen molar-refractivity contribution >= 4 is 23.7 Å². The van der Waals surface area contributed by atoms with Crippen LogP contribution >= 0.6 is 0 Å². The number of aliphatic carboxylic acids is 1. The summed E-state index contributed by atoms with van der Waals surface area (Å²) in [6.45, 7) is 4.05. The SMILES string of the molecule is CCC(C)C(NC(=O)C(CO)NC(=O)C(C)NC(=O)C(N)Cc1ccc(O)cc1)C(=O)O. The first-order valence-corrected chi connectivity index (χ1v) is 10.3. The number of benzene rings is 1. The normalized spacial score (nSPS) is 15.5. The molecular formula is C21H32N4O7. The Morgan fingerprint density at radius 1 is 0.969 bits per heavy atom. The van der Waals surface area contributed by atoms with Crippen LogP contribution in [0, 0.1) is 5.92 Å². The third-order valence-corrected chi connectivity index (χ3v) is 5.07. The lowest BCUT2D eigenvalue weighted by molar-refractivity contribution is -0.144. The Labute approximate surface area is 186 Å². The number of phenolic OH excluding ortho intramolecular Hbond substituents is 1. The van der Waals surface area contributed by atoms with Gasteiger partial charge in [-0.2, -0.15) is 0 Å². The van der Waals surface area contributed by atoms with Crippen molar-refractivity contribution in [3.63, 3.8) is 0 Å². The Bertz CT molecular complexity index is 800. The summed E-state index contributed by atoms with van der Waals surface area (Å²) in [6.07, 6.45) is 0.676. The summed E-state index contributed by atoms with van der Waals surface area (Å²) in [5.74, 6) is -3.71. The Morgan fingerprint density at radius 2 is 1.56 bits per heavy atom. The maximum absolute atomic E-state index is 12.4. The standard InChI is InChI=1S/C21H32N4O7/c1-4-11(2)17(21(31)32)25-20(30)16(10-26)24-18(28)12(3)23-19(29)15(22)9-13-5-7-14(27)8-6-13/h5-8,11-12,15-17,26-27H,4,9-10,22H2,1-3H3,(H,23,29)(H,24,28)(H,25,30)(H,31,32). The Hall–Kier alpha value is -3.18. The van der Waals surface area contributed by atoms with Crippen LogP contribution in [0.3, 0.4) is 0 Å². The number of carboxylic acid groups (broad SMARTS) is 1. The minimum absolute atomic E-state index is 0.0818. The molecule has 32 heavy (non-hydrogen) atoms. The van der Waals surface area contributed by atoms with Crippen LogP contribution in [0.4, 0.5) is 0 Å². The van der Waals surface area contributed by atoms with Gasteiger partial charge in [-0.15, -0.1) is 0 Å². The van der Waals surface area contributed by atoms with Gasteiger partial charge in [-0.25, -0.2) is 4.79 Å². The second-order valence-corrected chi connectivity index (χ2v) is 7.66. The predicted molar refractivity (Wildman–Crippen MR) is 115 cm³/mol. The maximum atomic E-state index is 12.4. The summed E-state index contributed by atoms with van der Waals surface area (Å²) in [7, 11) is 0. The molecule has 0 aliphatic rings. The minimum atomic E-state index is -1.39. The molecule has 11 heteroatoms. The van der Waals surface area contributed by atoms with Gasteiger partial charge in [-0.3, -0.25) is 14.4 Å². The van der Waals surface area contributed by atoms with Crippen molar-refractivity contribution in [1.29, 1.82) is 0 Å². The number of amides is 3. The molecule has 0 radical (unpaired) electrons. The van der Waals surface area contributed by atoms with Gasteiger partial charge in [0.05, 0.1) is 12.6 Å². The van der Waals surface area contributed by atoms with Gasteiger partial charge in [0.2, 0.25) is 17.7 Å². The molecule has 0 heterocycles. The van der Waals surface area contributed by atoms with Crippen LogP contribution in [0.25, 0.3) is 0 Å². The van der Waals surface area contributed by atoms with Crippen LogP contribution in [0.5, 0.6) is 5.75 Å². The van der Waals surface area contributed by atoms with Gasteiger partial charge < -0.3 is 37.0 Å². The van der Waals surface area contributed by atoms with Crippen LogP contribution in [0.1, 0.15) is 32.8 Å². The Balaban J connectivity index is 2.65. The number of aromatic hydroxyl groups is 1. The van der Waals surface area contributed by atoms with E-state index >= 15 is 0 Å². The van der Waals surface area contributed by atoms with Crippen molar-refractivity contribution in [3.8, 4) is 5.75 Å². The van der Waals surface area contributed by atoms with Crippen molar-refractivity contribution < 1.29 is 34.5 Å². The molecule has 11 nitrogen and oxygen atoms in total. The molecule has 5 atom stereocenters. The third-order valence-electron chi connectivity index (χ3n) is 5.07. The summed E-state index contributed by atoms with van der Waals surface area (Å²) >= 11 is 0. The van der Waals surface area contributed by atoms with Crippen LogP contribution in [0.2, 0.25) is 0 Å². The summed E-state index contributed by atoms with van der Waals surface area (Å²) < 4.78 is 0. The monoisotopic (exact) mass is 452 g/mol. The molecule has 1 aromatic carbocycles. The molecule has 8 N–H and O–H groups in total. The van der Waals surface area contributed by atoms with Crippen LogP contribution in [0.15, 0.2) is 24.3 Å². The van der Waals surface area contributed by atoms with Gasteiger partial charge in [0, 0.05) is 0 Å². The number of rotatable bonds is 12. The van der Waals surface area contributed by atoms with E-state index in [-0.39, 0.29) is 18.1 Å². The number of nitrogens with two attached hydrogens (primary N) is 1. The molecule has 1 aromatic rings. The summed E-state index contributed by atoms with van der Waals surface area (Å²) in [6, 6.07) is 1.57.